The van der Waals surface area contributed by atoms with Crippen molar-refractivity contribution in [2.24, 2.45) is 39.9 Å². The van der Waals surface area contributed by atoms with Gasteiger partial charge in [0.1, 0.15) is 0 Å². The van der Waals surface area contributed by atoms with Gasteiger partial charge in [0.25, 0.3) is 0 Å². The Hall–Kier alpha value is -4.80. The summed E-state index contributed by atoms with van der Waals surface area (Å²) in [4.78, 5) is 51.1. The van der Waals surface area contributed by atoms with Crippen molar-refractivity contribution in [3.8, 4) is 0 Å². The van der Waals surface area contributed by atoms with Crippen molar-refractivity contribution >= 4 is 114 Å². The number of thioether (sulfide) groups is 4. The van der Waals surface area contributed by atoms with E-state index < -0.39 is 0 Å². The zero-order valence-electron chi connectivity index (χ0n) is 48.4. The van der Waals surface area contributed by atoms with Crippen LogP contribution in [0.15, 0.2) is 113 Å². The summed E-state index contributed by atoms with van der Waals surface area (Å²) >= 11 is 7.13. The summed E-state index contributed by atoms with van der Waals surface area (Å²) < 4.78 is 8.57. The number of fused-ring (bicyclic) bond motifs is 16. The molecule has 0 unspecified atom stereocenters. The molecular weight excluding hydrogens is 1230 g/mol. The molecule has 5 aliphatic heterocycles. The van der Waals surface area contributed by atoms with Gasteiger partial charge in [-0.3, -0.25) is 37.9 Å². The van der Waals surface area contributed by atoms with Crippen molar-refractivity contribution in [2.45, 2.75) is 23.0 Å². The van der Waals surface area contributed by atoms with E-state index in [1.54, 1.807) is 47.0 Å². The molecule has 1 radical (unpaired) electrons. The average Bonchev–Trinajstić information content (AvgIpc) is 4.30. The molecule has 433 valence electrons. The standard InChI is InChI=1S/C56H68N16S4.4ClH.Cu/c1-65(2)53(66(3)4)73-29-33-17-21-37-41(25-33)49-58-45(37)57-46-38-22-18-35(31-75-55(69(9)10)70(11)12)27-43(38)51(59-46)64-52-44-28-36(32-76-56(71(13)14)72(15)16)20-24-40(44)48(63-52)62-50-42-26-34(19-23-39(42)47(60-49)61-50)30-74-54(67(5)6)68(7)8;;;;;/h17-28H,29-32H2,1-16H3;4*1H;/q+4;;;;;+2/p-4. The maximum absolute atomic E-state index is 5.41. The third kappa shape index (κ3) is 15.1. The fourth-order valence-corrected chi connectivity index (χ4v) is 13.4. The number of nitrogens with zero attached hydrogens (tertiary/aromatic N) is 16. The molecule has 0 N–H and O–H groups in total. The third-order valence-corrected chi connectivity index (χ3v) is 18.4. The smallest absolute Gasteiger partial charge is 1.00 e. The molecule has 0 fully saturated rings. The van der Waals surface area contributed by atoms with Crippen molar-refractivity contribution in [1.29, 1.82) is 0 Å². The Labute approximate surface area is 530 Å². The first-order valence-corrected chi connectivity index (χ1v) is 28.8. The Morgan fingerprint density at radius 1 is 0.296 bits per heavy atom. The molecule has 5 heterocycles. The maximum atomic E-state index is 5.41. The van der Waals surface area contributed by atoms with Gasteiger partial charge in [0.15, 0.2) is 46.7 Å². The first kappa shape index (κ1) is 68.7. The van der Waals surface area contributed by atoms with Crippen molar-refractivity contribution in [3.63, 3.8) is 0 Å². The van der Waals surface area contributed by atoms with Crippen molar-refractivity contribution in [2.75, 3.05) is 113 Å². The van der Waals surface area contributed by atoms with E-state index >= 15 is 0 Å². The summed E-state index contributed by atoms with van der Waals surface area (Å²) in [6, 6.07) is 25.9. The summed E-state index contributed by atoms with van der Waals surface area (Å²) in [6.07, 6.45) is 0. The first-order chi connectivity index (χ1) is 36.2. The van der Waals surface area contributed by atoms with Gasteiger partial charge in [-0.2, -0.15) is 0 Å². The number of amidine groups is 12. The maximum Gasteiger partial charge on any atom is 2.00 e. The van der Waals surface area contributed by atoms with Crippen LogP contribution in [0, 0.1) is 0 Å². The molecule has 0 saturated heterocycles. The Balaban J connectivity index is 0.00000282. The monoisotopic (exact) mass is 1300 g/mol. The molecule has 0 aliphatic carbocycles. The van der Waals surface area contributed by atoms with E-state index in [1.165, 1.54) is 0 Å². The summed E-state index contributed by atoms with van der Waals surface area (Å²) in [5, 5.41) is 4.61. The van der Waals surface area contributed by atoms with Crippen LogP contribution in [0.4, 0.5) is 0 Å². The minimum Gasteiger partial charge on any atom is -1.00 e. The molecule has 4 aromatic rings. The van der Waals surface area contributed by atoms with Crippen LogP contribution in [0.1, 0.15) is 66.8 Å². The molecule has 0 aromatic heterocycles. The number of rotatable bonds is 8. The second-order valence-electron chi connectivity index (χ2n) is 20.4. The van der Waals surface area contributed by atoms with Gasteiger partial charge >= 0.3 is 37.7 Å². The van der Waals surface area contributed by atoms with Gasteiger partial charge < -0.3 is 49.6 Å². The van der Waals surface area contributed by atoms with Crippen molar-refractivity contribution in [3.05, 3.63) is 140 Å². The molecule has 81 heavy (non-hydrogen) atoms. The Morgan fingerprint density at radius 2 is 0.457 bits per heavy atom. The van der Waals surface area contributed by atoms with Crippen molar-refractivity contribution < 1.29 is 85.0 Å². The minimum atomic E-state index is 0. The fraction of sp³-hybridized carbons (Fsp3) is 0.357. The Morgan fingerprint density at radius 3 is 0.605 bits per heavy atom. The average molecular weight is 1300 g/mol. The largest absolute Gasteiger partial charge is 2.00 e. The molecule has 0 atom stereocenters. The predicted molar refractivity (Wildman–Crippen MR) is 326 cm³/mol. The van der Waals surface area contributed by atoms with Crippen LogP contribution in [0.2, 0.25) is 0 Å². The van der Waals surface area contributed by atoms with Gasteiger partial charge in [0, 0.05) is 67.5 Å². The first-order valence-electron chi connectivity index (χ1n) is 24.9. The quantitative estimate of drug-likeness (QED) is 0.0743. The van der Waals surface area contributed by atoms with Crippen LogP contribution in [0.3, 0.4) is 0 Å². The summed E-state index contributed by atoms with van der Waals surface area (Å²) in [7, 11) is 33.2. The topological polar surface area (TPSA) is 124 Å². The molecule has 8 bridgehead atoms. The van der Waals surface area contributed by atoms with Gasteiger partial charge in [0.05, 0.1) is 113 Å². The van der Waals surface area contributed by atoms with Gasteiger partial charge in [-0.15, -0.1) is 0 Å². The molecule has 4 aromatic carbocycles. The van der Waals surface area contributed by atoms with Crippen LogP contribution in [-0.2, 0) is 40.1 Å². The molecule has 0 saturated carbocycles. The summed E-state index contributed by atoms with van der Waals surface area (Å²) in [6.45, 7) is 0. The molecule has 25 heteroatoms. The Kier molecular flexibility index (Phi) is 24.7. The van der Waals surface area contributed by atoms with Gasteiger partial charge in [-0.1, -0.05) is 48.5 Å². The second kappa shape index (κ2) is 29.1. The molecular formula is C56H68Cl4CuN16S4+2. The van der Waals surface area contributed by atoms with E-state index in [0.717, 1.165) is 110 Å². The predicted octanol–water partition coefficient (Wildman–Crippen LogP) is -5.47. The fourth-order valence-electron chi connectivity index (χ4n) is 9.44. The third-order valence-electron chi connectivity index (χ3n) is 12.5. The van der Waals surface area contributed by atoms with E-state index in [-0.39, 0.29) is 66.7 Å². The van der Waals surface area contributed by atoms with Crippen molar-refractivity contribution in [1.82, 2.24) is 19.6 Å². The zero-order valence-corrected chi connectivity index (χ0v) is 55.6. The van der Waals surface area contributed by atoms with Crippen LogP contribution < -0.4 is 49.6 Å². The van der Waals surface area contributed by atoms with Gasteiger partial charge in [-0.05, 0) is 93.6 Å². The van der Waals surface area contributed by atoms with Crippen LogP contribution in [0.5, 0.6) is 0 Å². The number of halogens is 4. The summed E-state index contributed by atoms with van der Waals surface area (Å²) in [5.74, 6) is 7.20. The second-order valence-corrected chi connectivity index (χ2v) is 24.2. The van der Waals surface area contributed by atoms with Crippen LogP contribution >= 0.6 is 47.0 Å². The minimum absolute atomic E-state index is 0. The Bertz CT molecular complexity index is 3490. The van der Waals surface area contributed by atoms with E-state index in [4.69, 9.17) is 39.9 Å². The van der Waals surface area contributed by atoms with E-state index in [0.29, 0.717) is 46.7 Å². The van der Waals surface area contributed by atoms with E-state index in [9.17, 15) is 0 Å². The molecule has 0 spiro atoms. The zero-order chi connectivity index (χ0) is 54.3. The number of hydrogen-bond donors (Lipinski definition) is 0. The van der Waals surface area contributed by atoms with E-state index in [1.807, 2.05) is 0 Å². The molecule has 9 rings (SSSR count). The van der Waals surface area contributed by atoms with Crippen LogP contribution in [-0.4, -0.2) is 218 Å². The number of aliphatic imine (C=N–C) groups is 8. The van der Waals surface area contributed by atoms with Gasteiger partial charge in [0.2, 0.25) is 0 Å². The molecule has 5 aliphatic rings. The number of hydrogen-bond acceptors (Lipinski definition) is 12. The number of benzene rings is 4. The van der Waals surface area contributed by atoms with Gasteiger partial charge in [-0.25, -0.2) is 39.9 Å². The van der Waals surface area contributed by atoms with Crippen LogP contribution in [0.25, 0.3) is 0 Å². The molecule has 0 amide bonds. The summed E-state index contributed by atoms with van der Waals surface area (Å²) in [5.41, 5.74) is 11.5. The van der Waals surface area contributed by atoms with E-state index in [2.05, 4.69) is 223 Å². The normalized spacial score (nSPS) is 13.4. The SMILES string of the molecule is CN(C)C(SCc1ccc2c(c1)C1=NC2=NC2=NC(=NC3=NC(=NC4=NC(=N1)c1ccc(CSC(N(C)C)=[N+](C)C)cc14)c1ccc(CSC(N(C)C)=[N+](C)C)cc13)c1cc(CSC(N(C)C)=[N+](C)C)ccc12)=[N+](C)C.[Cl-].[Cl-].[Cl-].[Cl-].[Cu+2]. The molecule has 16 nitrogen and oxygen atoms in total.